The molecule has 0 saturated heterocycles. The monoisotopic (exact) mass is 207 g/mol. The minimum atomic E-state index is -1.69. The van der Waals surface area contributed by atoms with Crippen LogP contribution < -0.4 is 0 Å². The van der Waals surface area contributed by atoms with Gasteiger partial charge in [-0.25, -0.2) is 0 Å². The van der Waals surface area contributed by atoms with E-state index < -0.39 is 28.4 Å². The first-order chi connectivity index (χ1) is 5.18. The van der Waals surface area contributed by atoms with Crippen LogP contribution in [0.1, 0.15) is 0 Å². The van der Waals surface area contributed by atoms with Gasteiger partial charge in [0.1, 0.15) is 0 Å². The maximum atomic E-state index is 10.9. The Balaban J connectivity index is 5.31. The summed E-state index contributed by atoms with van der Waals surface area (Å²) in [5.74, 6) is 5.17. The van der Waals surface area contributed by atoms with Crippen molar-refractivity contribution in [2.24, 2.45) is 0 Å². The van der Waals surface area contributed by atoms with Crippen LogP contribution in [-0.4, -0.2) is 4.65 Å². The Morgan fingerprint density at radius 2 is 1.18 bits per heavy atom. The van der Waals surface area contributed by atoms with Crippen molar-refractivity contribution in [2.45, 2.75) is 0 Å². The molecule has 0 aliphatic rings. The SMILES string of the molecule is O=P#C[N+]([O-])(C#P=O)C#P=O. The minimum absolute atomic E-state index is 0.693. The molecule has 5 nitrogen and oxygen atoms in total. The van der Waals surface area contributed by atoms with Crippen LogP contribution in [0.2, 0.25) is 0 Å². The Hall–Kier alpha value is -0.0500. The van der Waals surface area contributed by atoms with E-state index in [0.29, 0.717) is 0 Å². The van der Waals surface area contributed by atoms with Gasteiger partial charge in [0.05, 0.1) is 0 Å². The molecule has 0 fully saturated rings. The van der Waals surface area contributed by atoms with E-state index in [-0.39, 0.29) is 0 Å². The Bertz CT molecular complexity index is 368. The standard InChI is InChI=1S/C3NO4P3/c5-4(1-9-6,2-10-7)3-11-8. The van der Waals surface area contributed by atoms with Gasteiger partial charge in [-0.05, 0) is 0 Å². The summed E-state index contributed by atoms with van der Waals surface area (Å²) in [6.45, 7) is 0. The summed E-state index contributed by atoms with van der Waals surface area (Å²) in [5, 5.41) is 10.9. The summed E-state index contributed by atoms with van der Waals surface area (Å²) in [6.07, 6.45) is 0. The van der Waals surface area contributed by atoms with E-state index in [1.807, 2.05) is 0 Å². The van der Waals surface area contributed by atoms with Crippen LogP contribution in [0.25, 0.3) is 0 Å². The Kier molecular flexibility index (Phi) is 5.56. The van der Waals surface area contributed by atoms with E-state index >= 15 is 0 Å². The molecular formula is C3NO4P3. The molecule has 0 atom stereocenters. The maximum absolute atomic E-state index is 10.9. The van der Waals surface area contributed by atoms with Crippen molar-refractivity contribution in [3.63, 3.8) is 0 Å². The van der Waals surface area contributed by atoms with Gasteiger partial charge >= 0.3 is 64.5 Å². The average Bonchev–Trinajstić information content (AvgIpc) is 1.88. The van der Waals surface area contributed by atoms with Crippen LogP contribution >= 0.6 is 23.7 Å². The molecule has 56 valence electrons. The predicted octanol–water partition coefficient (Wildman–Crippen LogP) is 1.93. The zero-order valence-corrected chi connectivity index (χ0v) is 7.61. The molecule has 0 aromatic carbocycles. The molecule has 0 aromatic rings. The number of rotatable bonds is 0. The average molecular weight is 207 g/mol. The van der Waals surface area contributed by atoms with Crippen molar-refractivity contribution < 1.29 is 18.3 Å². The zero-order valence-electron chi connectivity index (χ0n) is 4.92. The quantitative estimate of drug-likeness (QED) is 0.345. The fraction of sp³-hybridized carbons (Fsp3) is 0. The first kappa shape index (κ1) is 11.0. The molecule has 0 amide bonds. The third-order valence-corrected chi connectivity index (χ3v) is 1.63. The van der Waals surface area contributed by atoms with Crippen molar-refractivity contribution in [2.75, 3.05) is 0 Å². The van der Waals surface area contributed by atoms with Crippen LogP contribution in [0, 0.1) is 22.5 Å². The first-order valence-electron chi connectivity index (χ1n) is 2.07. The van der Waals surface area contributed by atoms with Gasteiger partial charge in [-0.3, -0.25) is 0 Å². The van der Waals surface area contributed by atoms with Crippen LogP contribution in [0.5, 0.6) is 0 Å². The van der Waals surface area contributed by atoms with Crippen LogP contribution in [-0.2, 0) is 13.7 Å². The van der Waals surface area contributed by atoms with E-state index in [1.165, 1.54) is 0 Å². The molecule has 0 N–H and O–H groups in total. The summed E-state index contributed by atoms with van der Waals surface area (Å²) in [5.41, 5.74) is 0. The topological polar surface area (TPSA) is 74.3 Å². The molecule has 0 aromatic heterocycles. The third kappa shape index (κ3) is 4.40. The predicted molar refractivity (Wildman–Crippen MR) is 38.1 cm³/mol. The molecule has 8 heteroatoms. The van der Waals surface area contributed by atoms with Gasteiger partial charge in [-0.15, -0.1) is 0 Å². The molecule has 0 radical (unpaired) electrons. The number of nitrogens with zero attached hydrogens (tertiary/aromatic N) is 1. The second kappa shape index (κ2) is 5.58. The van der Waals surface area contributed by atoms with E-state index in [2.05, 4.69) is 0 Å². The summed E-state index contributed by atoms with van der Waals surface area (Å²) >= 11 is 0. The van der Waals surface area contributed by atoms with E-state index in [4.69, 9.17) is 0 Å². The van der Waals surface area contributed by atoms with Gasteiger partial charge in [-0.1, -0.05) is 0 Å². The Labute approximate surface area is 65.3 Å². The van der Waals surface area contributed by atoms with Crippen LogP contribution in [0.3, 0.4) is 0 Å². The van der Waals surface area contributed by atoms with Crippen LogP contribution in [0.4, 0.5) is 0 Å². The molecule has 0 aliphatic carbocycles. The van der Waals surface area contributed by atoms with E-state index in [1.54, 1.807) is 17.3 Å². The van der Waals surface area contributed by atoms with Gasteiger partial charge < -0.3 is 0 Å². The third-order valence-electron chi connectivity index (χ3n) is 0.545. The molecule has 0 unspecified atom stereocenters. The number of hydroxylamine groups is 3. The van der Waals surface area contributed by atoms with Crippen molar-refractivity contribution in [1.29, 1.82) is 0 Å². The van der Waals surface area contributed by atoms with Crippen molar-refractivity contribution in [3.8, 4) is 17.3 Å². The molecule has 0 rings (SSSR count). The van der Waals surface area contributed by atoms with E-state index in [0.717, 1.165) is 0 Å². The second-order valence-electron chi connectivity index (χ2n) is 1.18. The molecule has 11 heavy (non-hydrogen) atoms. The summed E-state index contributed by atoms with van der Waals surface area (Å²) in [6, 6.07) is 0. The van der Waals surface area contributed by atoms with Gasteiger partial charge in [0.15, 0.2) is 0 Å². The second-order valence-corrected chi connectivity index (χ2v) is 2.33. The van der Waals surface area contributed by atoms with Crippen LogP contribution in [0.15, 0.2) is 0 Å². The van der Waals surface area contributed by atoms with Gasteiger partial charge in [0, 0.05) is 0 Å². The summed E-state index contributed by atoms with van der Waals surface area (Å²) in [7, 11) is -2.08. The molecular weight excluding hydrogens is 207 g/mol. The fourth-order valence-electron chi connectivity index (χ4n) is 0.240. The first-order valence-corrected chi connectivity index (χ1v) is 4.51. The van der Waals surface area contributed by atoms with Crippen molar-refractivity contribution in [3.05, 3.63) is 5.21 Å². The zero-order chi connectivity index (χ0) is 8.74. The Morgan fingerprint density at radius 3 is 1.36 bits per heavy atom. The molecule has 0 heterocycles. The van der Waals surface area contributed by atoms with E-state index in [9.17, 15) is 18.9 Å². The number of hydrogen-bond donors (Lipinski definition) is 0. The van der Waals surface area contributed by atoms with Gasteiger partial charge in [0.25, 0.3) is 0 Å². The molecule has 0 bridgehead atoms. The summed E-state index contributed by atoms with van der Waals surface area (Å²) < 4.78 is 27.9. The summed E-state index contributed by atoms with van der Waals surface area (Å²) in [4.78, 5) is 0. The van der Waals surface area contributed by atoms with Gasteiger partial charge in [0.2, 0.25) is 0 Å². The normalized spacial score (nSPS) is 12.8. The molecule has 0 saturated carbocycles. The van der Waals surface area contributed by atoms with Crippen molar-refractivity contribution >= 4 is 23.7 Å². The fourth-order valence-corrected chi connectivity index (χ4v) is 1.12. The van der Waals surface area contributed by atoms with Gasteiger partial charge in [-0.2, -0.15) is 0 Å². The molecule has 0 spiro atoms. The Morgan fingerprint density at radius 1 is 0.909 bits per heavy atom. The molecule has 0 aliphatic heterocycles. The number of quaternary nitrogens is 1. The number of hydrogen-bond acceptors (Lipinski definition) is 4. The van der Waals surface area contributed by atoms with Crippen molar-refractivity contribution in [1.82, 2.24) is 0 Å².